The Morgan fingerprint density at radius 2 is 2.16 bits per heavy atom. The lowest BCUT2D eigenvalue weighted by molar-refractivity contribution is 0.0331. The summed E-state index contributed by atoms with van der Waals surface area (Å²) >= 11 is 1.43. The fourth-order valence-corrected chi connectivity index (χ4v) is 2.44. The summed E-state index contributed by atoms with van der Waals surface area (Å²) in [6, 6.07) is 9.62. The van der Waals surface area contributed by atoms with E-state index >= 15 is 0 Å². The third-order valence-electron chi connectivity index (χ3n) is 2.67. The number of rotatable bonds is 5. The first-order valence-corrected chi connectivity index (χ1v) is 6.99. The molecule has 0 bridgehead atoms. The molecule has 1 aromatic carbocycles. The van der Waals surface area contributed by atoms with E-state index in [1.54, 1.807) is 5.38 Å². The zero-order valence-corrected chi connectivity index (χ0v) is 11.5. The molecule has 0 saturated carbocycles. The van der Waals surface area contributed by atoms with Crippen LogP contribution in [-0.4, -0.2) is 17.5 Å². The van der Waals surface area contributed by atoms with E-state index in [4.69, 9.17) is 10.5 Å². The summed E-state index contributed by atoms with van der Waals surface area (Å²) in [5.74, 6) is -0.393. The summed E-state index contributed by atoms with van der Waals surface area (Å²) in [4.78, 5) is 16.1. The molecule has 19 heavy (non-hydrogen) atoms. The van der Waals surface area contributed by atoms with Gasteiger partial charge in [0.2, 0.25) is 0 Å². The Kier molecular flexibility index (Phi) is 4.65. The van der Waals surface area contributed by atoms with Crippen LogP contribution < -0.4 is 5.73 Å². The van der Waals surface area contributed by atoms with Crippen molar-refractivity contribution in [1.29, 1.82) is 0 Å². The lowest BCUT2D eigenvalue weighted by Gasteiger charge is -2.12. The van der Waals surface area contributed by atoms with Crippen LogP contribution in [0.25, 0.3) is 0 Å². The third-order valence-corrected chi connectivity index (χ3v) is 3.58. The molecule has 1 heterocycles. The zero-order valence-electron chi connectivity index (χ0n) is 10.7. The van der Waals surface area contributed by atoms with Gasteiger partial charge in [0.15, 0.2) is 5.69 Å². The Labute approximate surface area is 116 Å². The number of hydrogen-bond donors (Lipinski definition) is 1. The second-order valence-corrected chi connectivity index (χ2v) is 5.07. The predicted molar refractivity (Wildman–Crippen MR) is 75.1 cm³/mol. The van der Waals surface area contributed by atoms with Gasteiger partial charge in [-0.25, -0.2) is 9.78 Å². The van der Waals surface area contributed by atoms with E-state index in [9.17, 15) is 4.79 Å². The molecular formula is C14H16N2O2S. The maximum absolute atomic E-state index is 11.9. The first kappa shape index (κ1) is 13.7. The number of nitrogens with two attached hydrogens (primary N) is 1. The first-order chi connectivity index (χ1) is 9.20. The van der Waals surface area contributed by atoms with Crippen LogP contribution in [-0.2, 0) is 11.2 Å². The van der Waals surface area contributed by atoms with Gasteiger partial charge in [-0.2, -0.15) is 0 Å². The number of thiazole rings is 1. The minimum Gasteiger partial charge on any atom is -0.453 e. The zero-order chi connectivity index (χ0) is 13.7. The van der Waals surface area contributed by atoms with Gasteiger partial charge in [0.25, 0.3) is 0 Å². The van der Waals surface area contributed by atoms with Crippen molar-refractivity contribution in [2.75, 3.05) is 6.54 Å². The second kappa shape index (κ2) is 6.45. The van der Waals surface area contributed by atoms with Crippen LogP contribution >= 0.6 is 11.3 Å². The molecule has 0 aliphatic carbocycles. The van der Waals surface area contributed by atoms with Crippen molar-refractivity contribution >= 4 is 17.3 Å². The lowest BCUT2D eigenvalue weighted by atomic mass is 10.1. The van der Waals surface area contributed by atoms with Crippen molar-refractivity contribution in [2.24, 2.45) is 5.73 Å². The lowest BCUT2D eigenvalue weighted by Crippen LogP contribution is -2.10. The molecule has 0 amide bonds. The number of hydrogen-bond acceptors (Lipinski definition) is 5. The van der Waals surface area contributed by atoms with Gasteiger partial charge >= 0.3 is 5.97 Å². The summed E-state index contributed by atoms with van der Waals surface area (Å²) in [6.45, 7) is 2.38. The third kappa shape index (κ3) is 3.62. The van der Waals surface area contributed by atoms with Gasteiger partial charge in [0.05, 0.1) is 5.01 Å². The maximum atomic E-state index is 11.9. The molecule has 1 atom stereocenters. The summed E-state index contributed by atoms with van der Waals surface area (Å²) in [7, 11) is 0. The molecular weight excluding hydrogens is 260 g/mol. The molecule has 4 nitrogen and oxygen atoms in total. The predicted octanol–water partition coefficient (Wildman–Crippen LogP) is 2.56. The van der Waals surface area contributed by atoms with Crippen LogP contribution in [0.2, 0.25) is 0 Å². The van der Waals surface area contributed by atoms with Crippen LogP contribution in [0, 0.1) is 0 Å². The van der Waals surface area contributed by atoms with Crippen LogP contribution in [0.1, 0.15) is 34.1 Å². The van der Waals surface area contributed by atoms with E-state index in [1.807, 2.05) is 37.3 Å². The van der Waals surface area contributed by atoms with Gasteiger partial charge in [-0.3, -0.25) is 0 Å². The van der Waals surface area contributed by atoms with Crippen molar-refractivity contribution < 1.29 is 9.53 Å². The maximum Gasteiger partial charge on any atom is 0.358 e. The fourth-order valence-electron chi connectivity index (χ4n) is 1.66. The molecule has 0 radical (unpaired) electrons. The van der Waals surface area contributed by atoms with Gasteiger partial charge in [0.1, 0.15) is 6.10 Å². The standard InChI is InChI=1S/C14H16N2O2S/c1-10(11-5-3-2-4-6-11)18-14(17)12-9-19-13(16-12)7-8-15/h2-6,9-10H,7-8,15H2,1H3. The summed E-state index contributed by atoms with van der Waals surface area (Å²) in [6.07, 6.45) is 0.403. The number of carbonyl (C=O) groups is 1. The minimum absolute atomic E-state index is 0.284. The second-order valence-electron chi connectivity index (χ2n) is 4.12. The quantitative estimate of drug-likeness (QED) is 0.852. The highest BCUT2D eigenvalue weighted by Crippen LogP contribution is 2.19. The van der Waals surface area contributed by atoms with Crippen LogP contribution in [0.15, 0.2) is 35.7 Å². The normalized spacial score (nSPS) is 12.1. The monoisotopic (exact) mass is 276 g/mol. The van der Waals surface area contributed by atoms with Crippen LogP contribution in [0.3, 0.4) is 0 Å². The molecule has 1 unspecified atom stereocenters. The van der Waals surface area contributed by atoms with Gasteiger partial charge in [0, 0.05) is 11.8 Å². The number of esters is 1. The molecule has 2 rings (SSSR count). The Hall–Kier alpha value is -1.72. The number of carbonyl (C=O) groups excluding carboxylic acids is 1. The topological polar surface area (TPSA) is 65.2 Å². The highest BCUT2D eigenvalue weighted by atomic mass is 32.1. The molecule has 2 aromatic rings. The van der Waals surface area contributed by atoms with E-state index in [-0.39, 0.29) is 6.10 Å². The Bertz CT molecular complexity index is 539. The average molecular weight is 276 g/mol. The van der Waals surface area contributed by atoms with E-state index < -0.39 is 5.97 Å². The molecule has 0 aliphatic heterocycles. The SMILES string of the molecule is CC(OC(=O)c1csc(CCN)n1)c1ccccc1. The van der Waals surface area contributed by atoms with E-state index in [0.717, 1.165) is 10.6 Å². The van der Waals surface area contributed by atoms with Crippen molar-refractivity contribution in [3.05, 3.63) is 52.0 Å². The highest BCUT2D eigenvalue weighted by Gasteiger charge is 2.16. The number of aromatic nitrogens is 1. The van der Waals surface area contributed by atoms with E-state index in [2.05, 4.69) is 4.98 Å². The van der Waals surface area contributed by atoms with E-state index in [1.165, 1.54) is 11.3 Å². The van der Waals surface area contributed by atoms with Gasteiger partial charge in [-0.15, -0.1) is 11.3 Å². The fraction of sp³-hybridized carbons (Fsp3) is 0.286. The van der Waals surface area contributed by atoms with Crippen molar-refractivity contribution in [3.63, 3.8) is 0 Å². The summed E-state index contributed by atoms with van der Waals surface area (Å²) in [5.41, 5.74) is 6.78. The van der Waals surface area contributed by atoms with Crippen molar-refractivity contribution in [3.8, 4) is 0 Å². The largest absolute Gasteiger partial charge is 0.453 e. The number of ether oxygens (including phenoxy) is 1. The Morgan fingerprint density at radius 1 is 1.42 bits per heavy atom. The minimum atomic E-state index is -0.393. The first-order valence-electron chi connectivity index (χ1n) is 6.11. The Morgan fingerprint density at radius 3 is 2.84 bits per heavy atom. The molecule has 0 aliphatic rings. The average Bonchev–Trinajstić information content (AvgIpc) is 2.89. The molecule has 100 valence electrons. The number of nitrogens with zero attached hydrogens (tertiary/aromatic N) is 1. The molecule has 1 aromatic heterocycles. The van der Waals surface area contributed by atoms with Gasteiger partial charge in [-0.05, 0) is 19.0 Å². The molecule has 2 N–H and O–H groups in total. The van der Waals surface area contributed by atoms with Crippen molar-refractivity contribution in [1.82, 2.24) is 4.98 Å². The Balaban J connectivity index is 2.00. The van der Waals surface area contributed by atoms with Gasteiger partial charge in [-0.1, -0.05) is 30.3 Å². The molecule has 0 saturated heterocycles. The molecule has 0 spiro atoms. The van der Waals surface area contributed by atoms with Crippen LogP contribution in [0.5, 0.6) is 0 Å². The van der Waals surface area contributed by atoms with Gasteiger partial charge < -0.3 is 10.5 Å². The van der Waals surface area contributed by atoms with Crippen LogP contribution in [0.4, 0.5) is 0 Å². The molecule has 0 fully saturated rings. The smallest absolute Gasteiger partial charge is 0.358 e. The highest BCUT2D eigenvalue weighted by molar-refractivity contribution is 7.09. The van der Waals surface area contributed by atoms with Crippen molar-refractivity contribution in [2.45, 2.75) is 19.4 Å². The number of benzene rings is 1. The summed E-state index contributed by atoms with van der Waals surface area (Å²) < 4.78 is 5.39. The van der Waals surface area contributed by atoms with E-state index in [0.29, 0.717) is 18.7 Å². The summed E-state index contributed by atoms with van der Waals surface area (Å²) in [5, 5.41) is 2.58. The molecule has 5 heteroatoms.